The van der Waals surface area contributed by atoms with E-state index in [2.05, 4.69) is 39.6 Å². The van der Waals surface area contributed by atoms with Crippen molar-refractivity contribution in [2.24, 2.45) is 4.99 Å². The minimum atomic E-state index is 0. The van der Waals surface area contributed by atoms with Gasteiger partial charge >= 0.3 is 0 Å². The third kappa shape index (κ3) is 6.96. The zero-order chi connectivity index (χ0) is 20.5. The topological polar surface area (TPSA) is 75.9 Å². The van der Waals surface area contributed by atoms with E-state index in [1.807, 2.05) is 23.2 Å². The Bertz CT molecular complexity index is 754. The van der Waals surface area contributed by atoms with Crippen LogP contribution in [0.1, 0.15) is 19.8 Å². The Morgan fingerprint density at radius 2 is 1.87 bits per heavy atom. The molecule has 3 rings (SSSR count). The Morgan fingerprint density at radius 3 is 2.43 bits per heavy atom. The number of benzene rings is 1. The monoisotopic (exact) mass is 528 g/mol. The molecule has 0 atom stereocenters. The van der Waals surface area contributed by atoms with Crippen LogP contribution in [-0.2, 0) is 6.54 Å². The average Bonchev–Trinajstić information content (AvgIpc) is 3.27. The van der Waals surface area contributed by atoms with Crippen LogP contribution in [0.4, 0.5) is 5.69 Å². The van der Waals surface area contributed by atoms with Crippen molar-refractivity contribution in [3.05, 3.63) is 36.9 Å². The number of ether oxygens (including phenoxy) is 2. The Hall–Kier alpha value is -2.17. The normalized spacial score (nSPS) is 14.8. The Labute approximate surface area is 196 Å². The molecule has 1 aromatic carbocycles. The minimum absolute atomic E-state index is 0. The lowest BCUT2D eigenvalue weighted by molar-refractivity contribution is 0.393. The second-order valence-electron chi connectivity index (χ2n) is 7.04. The van der Waals surface area contributed by atoms with E-state index in [4.69, 9.17) is 14.5 Å². The highest BCUT2D eigenvalue weighted by molar-refractivity contribution is 14.0. The maximum atomic E-state index is 5.40. The maximum Gasteiger partial charge on any atom is 0.191 e. The fraction of sp³-hybridized carbons (Fsp3) is 0.524. The lowest BCUT2D eigenvalue weighted by atomic mass is 10.0. The molecular weight excluding hydrogens is 495 g/mol. The number of piperidine rings is 1. The molecule has 2 aromatic rings. The first-order valence-electron chi connectivity index (χ1n) is 10.2. The highest BCUT2D eigenvalue weighted by Gasteiger charge is 2.21. The van der Waals surface area contributed by atoms with E-state index in [-0.39, 0.29) is 24.0 Å². The number of halogens is 1. The number of hydrogen-bond donors (Lipinski definition) is 2. The van der Waals surface area contributed by atoms with E-state index in [9.17, 15) is 0 Å². The van der Waals surface area contributed by atoms with Crippen molar-refractivity contribution in [2.45, 2.75) is 32.4 Å². The third-order valence-electron chi connectivity index (χ3n) is 5.07. The first-order valence-corrected chi connectivity index (χ1v) is 10.2. The predicted octanol–water partition coefficient (Wildman–Crippen LogP) is 2.74. The van der Waals surface area contributed by atoms with Crippen LogP contribution in [0.15, 0.2) is 41.9 Å². The highest BCUT2D eigenvalue weighted by Crippen LogP contribution is 2.30. The Kier molecular flexibility index (Phi) is 10.0. The van der Waals surface area contributed by atoms with Crippen LogP contribution in [0.5, 0.6) is 11.5 Å². The molecule has 9 heteroatoms. The second-order valence-corrected chi connectivity index (χ2v) is 7.04. The van der Waals surface area contributed by atoms with Crippen LogP contribution in [0.3, 0.4) is 0 Å². The van der Waals surface area contributed by atoms with Gasteiger partial charge in [-0.25, -0.2) is 4.98 Å². The van der Waals surface area contributed by atoms with E-state index in [0.29, 0.717) is 12.6 Å². The van der Waals surface area contributed by atoms with E-state index in [1.54, 1.807) is 20.4 Å². The standard InChI is InChI=1S/C21H32N6O2.HI/c1-4-23-21(24-8-12-26-11-7-22-16-26)25-17-5-9-27(10-6-17)18-13-19(28-2)15-20(14-18)29-3;/h7,11,13-17H,4-6,8-10,12H2,1-3H3,(H2,23,24,25);1H. The summed E-state index contributed by atoms with van der Waals surface area (Å²) in [6, 6.07) is 6.45. The van der Waals surface area contributed by atoms with Gasteiger partial charge in [0.2, 0.25) is 0 Å². The van der Waals surface area contributed by atoms with Crippen LogP contribution in [0, 0.1) is 0 Å². The molecule has 0 bridgehead atoms. The SMILES string of the molecule is CCNC(=NCCn1ccnc1)NC1CCN(c2cc(OC)cc(OC)c2)CC1.I. The van der Waals surface area contributed by atoms with Gasteiger partial charge in [0.25, 0.3) is 0 Å². The van der Waals surface area contributed by atoms with Gasteiger partial charge in [0.05, 0.1) is 27.1 Å². The molecule has 1 aliphatic heterocycles. The molecule has 0 amide bonds. The summed E-state index contributed by atoms with van der Waals surface area (Å²) in [5.41, 5.74) is 1.14. The van der Waals surface area contributed by atoms with Crippen LogP contribution < -0.4 is 25.0 Å². The number of anilines is 1. The highest BCUT2D eigenvalue weighted by atomic mass is 127. The van der Waals surface area contributed by atoms with Gasteiger partial charge in [-0.15, -0.1) is 24.0 Å². The molecule has 0 spiro atoms. The second kappa shape index (κ2) is 12.5. The summed E-state index contributed by atoms with van der Waals surface area (Å²) in [6.07, 6.45) is 7.66. The van der Waals surface area contributed by atoms with Gasteiger partial charge in [-0.05, 0) is 19.8 Å². The molecule has 0 radical (unpaired) electrons. The maximum absolute atomic E-state index is 5.40. The Morgan fingerprint density at radius 1 is 1.17 bits per heavy atom. The zero-order valence-corrected chi connectivity index (χ0v) is 20.3. The largest absolute Gasteiger partial charge is 0.497 e. The predicted molar refractivity (Wildman–Crippen MR) is 132 cm³/mol. The van der Waals surface area contributed by atoms with Crippen LogP contribution >= 0.6 is 24.0 Å². The van der Waals surface area contributed by atoms with Crippen molar-refractivity contribution in [3.8, 4) is 11.5 Å². The molecule has 1 aromatic heterocycles. The van der Waals surface area contributed by atoms with E-state index in [0.717, 1.165) is 62.2 Å². The molecule has 0 aliphatic carbocycles. The molecule has 2 heterocycles. The van der Waals surface area contributed by atoms with Crippen molar-refractivity contribution in [3.63, 3.8) is 0 Å². The summed E-state index contributed by atoms with van der Waals surface area (Å²) in [7, 11) is 3.37. The molecular formula is C21H33IN6O2. The molecule has 1 fully saturated rings. The number of hydrogen-bond acceptors (Lipinski definition) is 5. The van der Waals surface area contributed by atoms with Gasteiger partial charge in [-0.2, -0.15) is 0 Å². The number of methoxy groups -OCH3 is 2. The number of guanidine groups is 1. The quantitative estimate of drug-likeness (QED) is 0.312. The van der Waals surface area contributed by atoms with E-state index >= 15 is 0 Å². The zero-order valence-electron chi connectivity index (χ0n) is 18.0. The van der Waals surface area contributed by atoms with Crippen LogP contribution in [0.25, 0.3) is 0 Å². The van der Waals surface area contributed by atoms with Gasteiger partial charge in [-0.1, -0.05) is 0 Å². The van der Waals surface area contributed by atoms with E-state index < -0.39 is 0 Å². The molecule has 30 heavy (non-hydrogen) atoms. The summed E-state index contributed by atoms with van der Waals surface area (Å²) in [6.45, 7) is 6.43. The van der Waals surface area contributed by atoms with Gasteiger partial charge in [0.1, 0.15) is 11.5 Å². The number of imidazole rings is 1. The summed E-state index contributed by atoms with van der Waals surface area (Å²) < 4.78 is 12.8. The van der Waals surface area contributed by atoms with Gasteiger partial charge in [0, 0.05) is 68.5 Å². The van der Waals surface area contributed by atoms with Gasteiger partial charge in [-0.3, -0.25) is 4.99 Å². The first-order chi connectivity index (χ1) is 14.2. The summed E-state index contributed by atoms with van der Waals surface area (Å²) in [5.74, 6) is 2.52. The molecule has 1 saturated heterocycles. The molecule has 2 N–H and O–H groups in total. The number of nitrogens with zero attached hydrogens (tertiary/aromatic N) is 4. The number of aromatic nitrogens is 2. The fourth-order valence-electron chi connectivity index (χ4n) is 3.47. The summed E-state index contributed by atoms with van der Waals surface area (Å²) >= 11 is 0. The lowest BCUT2D eigenvalue weighted by Crippen LogP contribution is -2.48. The molecule has 1 aliphatic rings. The average molecular weight is 528 g/mol. The molecule has 0 saturated carbocycles. The first kappa shape index (κ1) is 24.1. The lowest BCUT2D eigenvalue weighted by Gasteiger charge is -2.34. The molecule has 0 unspecified atom stereocenters. The van der Waals surface area contributed by atoms with Crippen LogP contribution in [-0.4, -0.2) is 62.0 Å². The van der Waals surface area contributed by atoms with Crippen molar-refractivity contribution in [2.75, 3.05) is 45.3 Å². The van der Waals surface area contributed by atoms with Crippen LogP contribution in [0.2, 0.25) is 0 Å². The molecule has 8 nitrogen and oxygen atoms in total. The number of nitrogens with one attached hydrogen (secondary N) is 2. The van der Waals surface area contributed by atoms with Crippen molar-refractivity contribution >= 4 is 35.6 Å². The van der Waals surface area contributed by atoms with Gasteiger partial charge < -0.3 is 29.6 Å². The fourth-order valence-corrected chi connectivity index (χ4v) is 3.47. The van der Waals surface area contributed by atoms with Crippen molar-refractivity contribution in [1.82, 2.24) is 20.2 Å². The molecule has 166 valence electrons. The number of aliphatic imine (C=N–C) groups is 1. The Balaban J connectivity index is 0.00000320. The summed E-state index contributed by atoms with van der Waals surface area (Å²) in [4.78, 5) is 11.2. The van der Waals surface area contributed by atoms with Crippen molar-refractivity contribution in [1.29, 1.82) is 0 Å². The van der Waals surface area contributed by atoms with Gasteiger partial charge in [0.15, 0.2) is 5.96 Å². The van der Waals surface area contributed by atoms with Crippen molar-refractivity contribution < 1.29 is 9.47 Å². The third-order valence-corrected chi connectivity index (χ3v) is 5.07. The number of rotatable bonds is 8. The van der Waals surface area contributed by atoms with E-state index in [1.165, 1.54) is 0 Å². The summed E-state index contributed by atoms with van der Waals surface area (Å²) in [5, 5.41) is 6.94. The smallest absolute Gasteiger partial charge is 0.191 e. The minimum Gasteiger partial charge on any atom is -0.497 e.